The molecule has 0 bridgehead atoms. The molecule has 180 valence electrons. The molecule has 3 rings (SSSR count). The summed E-state index contributed by atoms with van der Waals surface area (Å²) in [5, 5.41) is 15.7. The van der Waals surface area contributed by atoms with Crippen molar-refractivity contribution in [3.8, 4) is 0 Å². The van der Waals surface area contributed by atoms with Crippen molar-refractivity contribution in [3.05, 3.63) is 70.0 Å². The molecule has 1 heterocycles. The van der Waals surface area contributed by atoms with Gasteiger partial charge in [-0.25, -0.2) is 0 Å². The maximum atomic E-state index is 12.9. The van der Waals surface area contributed by atoms with Crippen molar-refractivity contribution in [2.75, 3.05) is 11.1 Å². The molecule has 0 unspecified atom stereocenters. The van der Waals surface area contributed by atoms with Gasteiger partial charge in [0.25, 0.3) is 5.91 Å². The molecule has 0 aliphatic rings. The quantitative estimate of drug-likeness (QED) is 0.383. The number of halogens is 1. The lowest BCUT2D eigenvalue weighted by Crippen LogP contribution is -2.34. The minimum absolute atomic E-state index is 0.0615. The predicted molar refractivity (Wildman–Crippen MR) is 137 cm³/mol. The number of nitrogens with zero attached hydrogens (tertiary/aromatic N) is 3. The van der Waals surface area contributed by atoms with Crippen molar-refractivity contribution in [3.63, 3.8) is 0 Å². The third kappa shape index (κ3) is 6.18. The monoisotopic (exact) mass is 499 g/mol. The second kappa shape index (κ2) is 11.5. The standard InChI is InChI=1S/C25H30ClN5O2S/c1-6-31-23(22(15(2)3)28-24(33)18-9-7-8-10-19(18)26)29-30-25(31)34-14-21(32)27-20-13-16(4)11-12-17(20)5/h7-13,15,22H,6,14H2,1-5H3,(H,27,32)(H,28,33)/t22-/m1/s1. The number of aromatic nitrogens is 3. The Labute approximate surface area is 209 Å². The van der Waals surface area contributed by atoms with E-state index in [1.54, 1.807) is 24.3 Å². The number of thioether (sulfide) groups is 1. The molecule has 3 aromatic rings. The normalized spacial score (nSPS) is 12.0. The zero-order chi connectivity index (χ0) is 24.8. The highest BCUT2D eigenvalue weighted by Crippen LogP contribution is 2.26. The lowest BCUT2D eigenvalue weighted by molar-refractivity contribution is -0.113. The van der Waals surface area contributed by atoms with E-state index in [0.29, 0.717) is 28.1 Å². The minimum atomic E-state index is -0.366. The second-order valence-electron chi connectivity index (χ2n) is 8.42. The molecule has 9 heteroatoms. The first-order chi connectivity index (χ1) is 16.2. The molecule has 0 saturated carbocycles. The Morgan fingerprint density at radius 3 is 2.53 bits per heavy atom. The molecule has 0 aliphatic carbocycles. The Bertz CT molecular complexity index is 1180. The fourth-order valence-corrected chi connectivity index (χ4v) is 4.55. The van der Waals surface area contributed by atoms with Crippen LogP contribution < -0.4 is 10.6 Å². The summed E-state index contributed by atoms with van der Waals surface area (Å²) in [6, 6.07) is 12.5. The van der Waals surface area contributed by atoms with Crippen molar-refractivity contribution in [2.24, 2.45) is 5.92 Å². The van der Waals surface area contributed by atoms with Gasteiger partial charge in [0.1, 0.15) is 0 Å². The van der Waals surface area contributed by atoms with Crippen LogP contribution in [0.25, 0.3) is 0 Å². The number of nitrogens with one attached hydrogen (secondary N) is 2. The summed E-state index contributed by atoms with van der Waals surface area (Å²) in [6.45, 7) is 10.6. The third-order valence-corrected chi connectivity index (χ3v) is 6.71. The number of benzene rings is 2. The molecule has 34 heavy (non-hydrogen) atoms. The van der Waals surface area contributed by atoms with Crippen LogP contribution in [0, 0.1) is 19.8 Å². The van der Waals surface area contributed by atoms with Crippen LogP contribution >= 0.6 is 23.4 Å². The molecule has 0 radical (unpaired) electrons. The zero-order valence-electron chi connectivity index (χ0n) is 20.1. The van der Waals surface area contributed by atoms with Gasteiger partial charge in [0.15, 0.2) is 11.0 Å². The van der Waals surface area contributed by atoms with Gasteiger partial charge in [0.2, 0.25) is 5.91 Å². The van der Waals surface area contributed by atoms with E-state index in [4.69, 9.17) is 11.6 Å². The van der Waals surface area contributed by atoms with Gasteiger partial charge in [-0.05, 0) is 56.0 Å². The van der Waals surface area contributed by atoms with E-state index in [1.165, 1.54) is 11.8 Å². The summed E-state index contributed by atoms with van der Waals surface area (Å²) < 4.78 is 1.94. The molecule has 2 amide bonds. The van der Waals surface area contributed by atoms with Gasteiger partial charge in [-0.3, -0.25) is 9.59 Å². The molecule has 7 nitrogen and oxygen atoms in total. The Hall–Kier alpha value is -2.84. The van der Waals surface area contributed by atoms with E-state index in [0.717, 1.165) is 16.8 Å². The number of amides is 2. The Morgan fingerprint density at radius 2 is 1.85 bits per heavy atom. The summed E-state index contributed by atoms with van der Waals surface area (Å²) in [4.78, 5) is 25.5. The van der Waals surface area contributed by atoms with Crippen molar-refractivity contribution >= 4 is 40.9 Å². The van der Waals surface area contributed by atoms with Crippen LogP contribution in [0.1, 0.15) is 54.1 Å². The molecule has 0 fully saturated rings. The van der Waals surface area contributed by atoms with E-state index in [2.05, 4.69) is 20.8 Å². The lowest BCUT2D eigenvalue weighted by Gasteiger charge is -2.22. The first-order valence-corrected chi connectivity index (χ1v) is 12.6. The third-order valence-electron chi connectivity index (χ3n) is 5.41. The van der Waals surface area contributed by atoms with E-state index in [-0.39, 0.29) is 29.5 Å². The summed E-state index contributed by atoms with van der Waals surface area (Å²) in [6.07, 6.45) is 0. The van der Waals surface area contributed by atoms with Crippen molar-refractivity contribution in [1.82, 2.24) is 20.1 Å². The van der Waals surface area contributed by atoms with Crippen LogP contribution in [0.2, 0.25) is 5.02 Å². The predicted octanol–water partition coefficient (Wildman–Crippen LogP) is 5.43. The fourth-order valence-electron chi connectivity index (χ4n) is 3.51. The average Bonchev–Trinajstić information content (AvgIpc) is 3.21. The molecular weight excluding hydrogens is 470 g/mol. The average molecular weight is 500 g/mol. The highest BCUT2D eigenvalue weighted by atomic mass is 35.5. The van der Waals surface area contributed by atoms with Gasteiger partial charge in [0.05, 0.1) is 22.4 Å². The van der Waals surface area contributed by atoms with E-state index in [9.17, 15) is 9.59 Å². The van der Waals surface area contributed by atoms with Crippen LogP contribution in [0.4, 0.5) is 5.69 Å². The van der Waals surface area contributed by atoms with Gasteiger partial charge < -0.3 is 15.2 Å². The highest BCUT2D eigenvalue weighted by Gasteiger charge is 2.26. The van der Waals surface area contributed by atoms with Crippen LogP contribution in [0.5, 0.6) is 0 Å². The number of hydrogen-bond acceptors (Lipinski definition) is 5. The molecular formula is C25H30ClN5O2S. The van der Waals surface area contributed by atoms with Crippen LogP contribution in [0.15, 0.2) is 47.6 Å². The van der Waals surface area contributed by atoms with Gasteiger partial charge >= 0.3 is 0 Å². The molecule has 0 aliphatic heterocycles. The Kier molecular flexibility index (Phi) is 8.74. The van der Waals surface area contributed by atoms with Gasteiger partial charge in [0, 0.05) is 12.2 Å². The number of aryl methyl sites for hydroxylation is 2. The first-order valence-electron chi connectivity index (χ1n) is 11.2. The molecule has 0 saturated heterocycles. The SMILES string of the molecule is CCn1c(SCC(=O)Nc2cc(C)ccc2C)nnc1[C@H](NC(=O)c1ccccc1Cl)C(C)C. The van der Waals surface area contributed by atoms with Gasteiger partial charge in [-0.1, -0.05) is 61.5 Å². The van der Waals surface area contributed by atoms with E-state index in [1.807, 2.05) is 57.4 Å². The maximum absolute atomic E-state index is 12.9. The molecule has 2 N–H and O–H groups in total. The van der Waals surface area contributed by atoms with Crippen LogP contribution in [-0.4, -0.2) is 32.3 Å². The zero-order valence-corrected chi connectivity index (χ0v) is 21.6. The fraction of sp³-hybridized carbons (Fsp3) is 0.360. The number of carbonyl (C=O) groups excluding carboxylic acids is 2. The van der Waals surface area contributed by atoms with Crippen LogP contribution in [-0.2, 0) is 11.3 Å². The van der Waals surface area contributed by atoms with Crippen molar-refractivity contribution in [1.29, 1.82) is 0 Å². The van der Waals surface area contributed by atoms with Crippen LogP contribution in [0.3, 0.4) is 0 Å². The Balaban J connectivity index is 1.73. The van der Waals surface area contributed by atoms with Gasteiger partial charge in [-0.15, -0.1) is 10.2 Å². The summed E-state index contributed by atoms with van der Waals surface area (Å²) >= 11 is 7.52. The highest BCUT2D eigenvalue weighted by molar-refractivity contribution is 7.99. The second-order valence-corrected chi connectivity index (χ2v) is 9.76. The molecule has 2 aromatic carbocycles. The van der Waals surface area contributed by atoms with E-state index < -0.39 is 0 Å². The number of carbonyl (C=O) groups is 2. The Morgan fingerprint density at radius 1 is 1.12 bits per heavy atom. The largest absolute Gasteiger partial charge is 0.342 e. The summed E-state index contributed by atoms with van der Waals surface area (Å²) in [7, 11) is 0. The topological polar surface area (TPSA) is 88.9 Å². The molecule has 1 atom stereocenters. The minimum Gasteiger partial charge on any atom is -0.342 e. The molecule has 1 aromatic heterocycles. The number of rotatable bonds is 9. The first kappa shape index (κ1) is 25.8. The summed E-state index contributed by atoms with van der Waals surface area (Å²) in [5.74, 6) is 0.529. The number of anilines is 1. The molecule has 0 spiro atoms. The maximum Gasteiger partial charge on any atom is 0.253 e. The lowest BCUT2D eigenvalue weighted by atomic mass is 10.0. The smallest absolute Gasteiger partial charge is 0.253 e. The summed E-state index contributed by atoms with van der Waals surface area (Å²) in [5.41, 5.74) is 3.32. The van der Waals surface area contributed by atoms with Crippen molar-refractivity contribution < 1.29 is 9.59 Å². The van der Waals surface area contributed by atoms with Gasteiger partial charge in [-0.2, -0.15) is 0 Å². The van der Waals surface area contributed by atoms with Crippen molar-refractivity contribution in [2.45, 2.75) is 52.4 Å². The van der Waals surface area contributed by atoms with E-state index >= 15 is 0 Å². The number of hydrogen-bond donors (Lipinski definition) is 2.